The number of methoxy groups -OCH3 is 1. The first-order valence-electron chi connectivity index (χ1n) is 18.9. The number of hydrogen-bond acceptors (Lipinski definition) is 7. The first-order chi connectivity index (χ1) is 24.3. The Labute approximate surface area is 301 Å². The molecule has 272 valence electrons. The molecule has 2 aliphatic carbocycles. The highest BCUT2D eigenvalue weighted by Gasteiger charge is 2.70. The quantitative estimate of drug-likeness (QED) is 0.383. The maximum Gasteiger partial charge on any atom is 0.264 e. The summed E-state index contributed by atoms with van der Waals surface area (Å²) in [5, 5.41) is 0.362. The second-order valence-corrected chi connectivity index (χ2v) is 19.6. The molecule has 2 aromatic carbocycles. The predicted molar refractivity (Wildman–Crippen MR) is 198 cm³/mol. The van der Waals surface area contributed by atoms with Crippen LogP contribution in [0.1, 0.15) is 85.7 Å². The minimum absolute atomic E-state index is 0.0625. The number of carbonyl (C=O) groups excluding carboxylic acids is 2. The van der Waals surface area contributed by atoms with E-state index in [1.54, 1.807) is 27.0 Å². The molecule has 0 spiro atoms. The van der Waals surface area contributed by atoms with E-state index < -0.39 is 26.6 Å². The summed E-state index contributed by atoms with van der Waals surface area (Å²) >= 11 is 0. The van der Waals surface area contributed by atoms with Crippen LogP contribution < -0.4 is 9.46 Å². The third kappa shape index (κ3) is 4.82. The number of fused-ring (bicyclic) bond motifs is 7. The fourth-order valence-electron chi connectivity index (χ4n) is 11.5. The van der Waals surface area contributed by atoms with Crippen LogP contribution in [0, 0.1) is 16.2 Å². The van der Waals surface area contributed by atoms with Crippen LogP contribution in [0.25, 0.3) is 22.2 Å². The largest absolute Gasteiger partial charge is 0.497 e. The number of sulfonamides is 1. The lowest BCUT2D eigenvalue weighted by Crippen LogP contribution is -2.44. The van der Waals surface area contributed by atoms with E-state index in [9.17, 15) is 13.2 Å². The number of aromatic nitrogens is 1. The standard InChI is InChI=1S/C40H51N5O5S/c1-25(2)51(48,49)41-36(46)27-11-13-30-33(15-27)45-24-40(37(47)44-22-38-18-42(3)19-39(38,23-44)21-43(4)20-38)17-32(40)31-16-28(50-5)12-14-29(31)35(45)34(30)26-9-7-6-8-10-26/h11-16,25-26,32H,6-10,17-24H2,1-5H3,(H,41,46)/t32-,38?,39?,40?/m0/s1. The van der Waals surface area contributed by atoms with Gasteiger partial charge in [-0.2, -0.15) is 0 Å². The van der Waals surface area contributed by atoms with Crippen molar-refractivity contribution in [3.63, 3.8) is 0 Å². The van der Waals surface area contributed by atoms with Crippen LogP contribution >= 0.6 is 0 Å². The van der Waals surface area contributed by atoms with E-state index in [2.05, 4.69) is 50.2 Å². The molecule has 1 unspecified atom stereocenters. The molecular weight excluding hydrogens is 663 g/mol. The van der Waals surface area contributed by atoms with Crippen LogP contribution in [0.4, 0.5) is 0 Å². The molecule has 0 bridgehead atoms. The number of ether oxygens (including phenoxy) is 1. The van der Waals surface area contributed by atoms with Crippen molar-refractivity contribution < 1.29 is 22.7 Å². The van der Waals surface area contributed by atoms with E-state index in [-0.39, 0.29) is 22.7 Å². The number of nitrogens with one attached hydrogen (secondary N) is 1. The van der Waals surface area contributed by atoms with E-state index in [1.165, 1.54) is 30.4 Å². The lowest BCUT2D eigenvalue weighted by Gasteiger charge is -2.31. The minimum Gasteiger partial charge on any atom is -0.497 e. The number of rotatable bonds is 6. The van der Waals surface area contributed by atoms with Gasteiger partial charge >= 0.3 is 0 Å². The molecule has 11 heteroatoms. The van der Waals surface area contributed by atoms with Crippen molar-refractivity contribution in [1.29, 1.82) is 0 Å². The molecule has 5 fully saturated rings. The van der Waals surface area contributed by atoms with Crippen molar-refractivity contribution in [1.82, 2.24) is 24.0 Å². The number of likely N-dealkylation sites (tertiary alicyclic amines) is 3. The topological polar surface area (TPSA) is 104 Å². The predicted octanol–water partition coefficient (Wildman–Crippen LogP) is 5.03. The van der Waals surface area contributed by atoms with Crippen LogP contribution in [0.2, 0.25) is 0 Å². The highest BCUT2D eigenvalue weighted by Crippen LogP contribution is 2.67. The van der Waals surface area contributed by atoms with E-state index in [1.807, 2.05) is 18.2 Å². The first kappa shape index (κ1) is 33.4. The molecule has 4 aliphatic heterocycles. The number of carbonyl (C=O) groups is 2. The molecule has 6 aliphatic rings. The molecule has 2 amide bonds. The maximum atomic E-state index is 15.3. The molecule has 9 rings (SSSR count). The summed E-state index contributed by atoms with van der Waals surface area (Å²) in [4.78, 5) is 35.9. The number of hydrogen-bond donors (Lipinski definition) is 1. The smallest absolute Gasteiger partial charge is 0.264 e. The van der Waals surface area contributed by atoms with Gasteiger partial charge in [0.25, 0.3) is 5.91 Å². The van der Waals surface area contributed by atoms with Gasteiger partial charge in [-0.15, -0.1) is 0 Å². The number of benzene rings is 2. The van der Waals surface area contributed by atoms with E-state index in [4.69, 9.17) is 4.74 Å². The highest BCUT2D eigenvalue weighted by atomic mass is 32.2. The Morgan fingerprint density at radius 2 is 1.55 bits per heavy atom. The Balaban J connectivity index is 1.20. The molecule has 1 aromatic heterocycles. The van der Waals surface area contributed by atoms with E-state index in [0.717, 1.165) is 86.4 Å². The summed E-state index contributed by atoms with van der Waals surface area (Å²) in [6.07, 6.45) is 6.55. The summed E-state index contributed by atoms with van der Waals surface area (Å²) < 4.78 is 35.9. The van der Waals surface area contributed by atoms with Crippen LogP contribution in [-0.2, 0) is 21.4 Å². The Hall–Kier alpha value is -3.41. The number of nitrogens with zero attached hydrogens (tertiary/aromatic N) is 4. The van der Waals surface area contributed by atoms with Gasteiger partial charge in [-0.05, 0) is 94.6 Å². The second-order valence-electron chi connectivity index (χ2n) is 17.4. The van der Waals surface area contributed by atoms with Crippen molar-refractivity contribution in [2.75, 3.05) is 60.5 Å². The molecule has 5 heterocycles. The van der Waals surface area contributed by atoms with Crippen LogP contribution in [-0.4, -0.2) is 105 Å². The van der Waals surface area contributed by atoms with Gasteiger partial charge < -0.3 is 24.0 Å². The second kappa shape index (κ2) is 11.3. The molecule has 3 aromatic rings. The monoisotopic (exact) mass is 713 g/mol. The maximum absolute atomic E-state index is 15.3. The zero-order valence-electron chi connectivity index (χ0n) is 30.6. The van der Waals surface area contributed by atoms with E-state index in [0.29, 0.717) is 18.0 Å². The SMILES string of the molecule is COc1ccc2c(c1)[C@@H]1CC1(C(=O)N1CC34CN(C)CC3(CN(C)C4)C1)Cn1c-2c(C2CCCCC2)c2ccc(C(=O)NS(=O)(=O)C(C)C)cc21. The number of amides is 2. The first-order valence-corrected chi connectivity index (χ1v) is 20.4. The molecule has 0 radical (unpaired) electrons. The molecule has 3 saturated heterocycles. The molecule has 1 N–H and O–H groups in total. The summed E-state index contributed by atoms with van der Waals surface area (Å²) in [6, 6.07) is 12.0. The fraction of sp³-hybridized carbons (Fsp3) is 0.600. The normalized spacial score (nSPS) is 30.5. The van der Waals surface area contributed by atoms with Gasteiger partial charge in [-0.25, -0.2) is 13.1 Å². The Morgan fingerprint density at radius 3 is 2.18 bits per heavy atom. The third-order valence-electron chi connectivity index (χ3n) is 13.8. The summed E-state index contributed by atoms with van der Waals surface area (Å²) in [5.41, 5.74) is 5.56. The molecule has 51 heavy (non-hydrogen) atoms. The zero-order valence-corrected chi connectivity index (χ0v) is 31.4. The van der Waals surface area contributed by atoms with Gasteiger partial charge in [-0.1, -0.05) is 25.3 Å². The van der Waals surface area contributed by atoms with Crippen LogP contribution in [0.15, 0.2) is 36.4 Å². The fourth-order valence-corrected chi connectivity index (χ4v) is 12.1. The summed E-state index contributed by atoms with van der Waals surface area (Å²) in [5.74, 6) is 0.849. The Morgan fingerprint density at radius 1 is 0.882 bits per heavy atom. The van der Waals surface area contributed by atoms with Gasteiger partial charge in [0.05, 0.1) is 23.5 Å². The third-order valence-corrected chi connectivity index (χ3v) is 15.5. The van der Waals surface area contributed by atoms with Crippen molar-refractivity contribution in [3.8, 4) is 17.0 Å². The van der Waals surface area contributed by atoms with E-state index >= 15 is 4.79 Å². The van der Waals surface area contributed by atoms with Crippen LogP contribution in [0.3, 0.4) is 0 Å². The minimum atomic E-state index is -3.81. The lowest BCUT2D eigenvalue weighted by molar-refractivity contribution is -0.137. The average Bonchev–Trinajstić information content (AvgIpc) is 3.43. The Kier molecular flexibility index (Phi) is 7.40. The van der Waals surface area contributed by atoms with Crippen molar-refractivity contribution in [3.05, 3.63) is 53.1 Å². The Bertz CT molecular complexity index is 2050. The average molecular weight is 714 g/mol. The molecule has 10 nitrogen and oxygen atoms in total. The highest BCUT2D eigenvalue weighted by molar-refractivity contribution is 7.90. The summed E-state index contributed by atoms with van der Waals surface area (Å²) in [7, 11) is 2.34. The van der Waals surface area contributed by atoms with Crippen molar-refractivity contribution >= 4 is 32.7 Å². The zero-order chi connectivity index (χ0) is 35.7. The van der Waals surface area contributed by atoms with Gasteiger partial charge in [0, 0.05) is 84.6 Å². The van der Waals surface area contributed by atoms with Gasteiger partial charge in [0.1, 0.15) is 5.75 Å². The molecule has 2 saturated carbocycles. The molecular formula is C40H51N5O5S. The van der Waals surface area contributed by atoms with Crippen molar-refractivity contribution in [2.45, 2.75) is 76.0 Å². The molecule has 2 atom stereocenters. The lowest BCUT2D eigenvalue weighted by atomic mass is 9.71. The van der Waals surface area contributed by atoms with Gasteiger partial charge in [0.15, 0.2) is 0 Å². The van der Waals surface area contributed by atoms with Gasteiger partial charge in [-0.3, -0.25) is 9.59 Å². The summed E-state index contributed by atoms with van der Waals surface area (Å²) in [6.45, 7) is 9.32. The van der Waals surface area contributed by atoms with Crippen molar-refractivity contribution in [2.24, 2.45) is 16.2 Å². The van der Waals surface area contributed by atoms with Crippen LogP contribution in [0.5, 0.6) is 5.75 Å². The van der Waals surface area contributed by atoms with Gasteiger partial charge in [0.2, 0.25) is 15.9 Å².